The number of hydrogen-bond donors (Lipinski definition) is 1. The fourth-order valence-electron chi connectivity index (χ4n) is 4.52. The van der Waals surface area contributed by atoms with E-state index in [2.05, 4.69) is 0 Å². The summed E-state index contributed by atoms with van der Waals surface area (Å²) in [7, 11) is 1.91. The van der Waals surface area contributed by atoms with Gasteiger partial charge in [-0.1, -0.05) is 6.07 Å². The van der Waals surface area contributed by atoms with Crippen LogP contribution in [0.5, 0.6) is 11.5 Å². The van der Waals surface area contributed by atoms with Crippen molar-refractivity contribution in [2.45, 2.75) is 18.1 Å². The van der Waals surface area contributed by atoms with Gasteiger partial charge < -0.3 is 24.4 Å². The molecule has 5 rings (SSSR count). The number of alkyl halides is 3. The molecule has 1 unspecified atom stereocenters. The molecule has 0 aliphatic carbocycles. The number of carbonyl (C=O) groups is 3. The molecule has 1 spiro atoms. The van der Waals surface area contributed by atoms with E-state index in [1.54, 1.807) is 35.2 Å². The van der Waals surface area contributed by atoms with E-state index >= 15 is 0 Å². The Morgan fingerprint density at radius 1 is 1.05 bits per heavy atom. The third-order valence-corrected chi connectivity index (χ3v) is 6.54. The number of fused-ring (bicyclic) bond motifs is 1. The van der Waals surface area contributed by atoms with Gasteiger partial charge in [0.2, 0.25) is 12.7 Å². The Kier molecular flexibility index (Phi) is 7.00. The van der Waals surface area contributed by atoms with Crippen LogP contribution in [0.15, 0.2) is 42.5 Å². The number of hydrogen-bond acceptors (Lipinski definition) is 6. The number of amides is 2. The molecule has 2 aromatic carbocycles. The Morgan fingerprint density at radius 2 is 1.76 bits per heavy atom. The van der Waals surface area contributed by atoms with E-state index in [0.717, 1.165) is 6.42 Å². The molecule has 2 amide bonds. The Bertz CT molecular complexity index is 1220. The Balaban J connectivity index is 0.000000405. The summed E-state index contributed by atoms with van der Waals surface area (Å²) in [6.45, 7) is 1.88. The molecule has 0 aromatic heterocycles. The number of piperazine rings is 1. The Labute approximate surface area is 208 Å². The van der Waals surface area contributed by atoms with Gasteiger partial charge in [0.1, 0.15) is 5.82 Å². The van der Waals surface area contributed by atoms with Crippen molar-refractivity contribution >= 4 is 23.5 Å². The molecule has 1 atom stereocenters. The molecular weight excluding hydrogens is 502 g/mol. The second kappa shape index (κ2) is 9.88. The number of aliphatic carboxylic acids is 1. The summed E-state index contributed by atoms with van der Waals surface area (Å²) in [5.41, 5.74) is 0.729. The average Bonchev–Trinajstić information content (AvgIpc) is 3.48. The van der Waals surface area contributed by atoms with Gasteiger partial charge in [-0.15, -0.1) is 0 Å². The molecule has 3 aliphatic heterocycles. The maximum Gasteiger partial charge on any atom is 0.490 e. The minimum Gasteiger partial charge on any atom is -0.475 e. The van der Waals surface area contributed by atoms with E-state index in [0.29, 0.717) is 42.4 Å². The van der Waals surface area contributed by atoms with E-state index in [1.807, 2.05) is 16.8 Å². The summed E-state index contributed by atoms with van der Waals surface area (Å²) in [4.78, 5) is 40.1. The summed E-state index contributed by atoms with van der Waals surface area (Å²) < 4.78 is 56.2. The molecule has 2 aromatic rings. The van der Waals surface area contributed by atoms with Crippen molar-refractivity contribution in [3.05, 3.63) is 53.8 Å². The van der Waals surface area contributed by atoms with Gasteiger partial charge in [0.15, 0.2) is 11.5 Å². The van der Waals surface area contributed by atoms with Crippen LogP contribution in [0, 0.1) is 5.82 Å². The normalized spacial score (nSPS) is 21.2. The lowest BCUT2D eigenvalue weighted by atomic mass is 9.92. The van der Waals surface area contributed by atoms with E-state index in [4.69, 9.17) is 19.4 Å². The first-order chi connectivity index (χ1) is 17.4. The molecular formula is C24H23F4N3O6. The van der Waals surface area contributed by atoms with E-state index < -0.39 is 12.1 Å². The summed E-state index contributed by atoms with van der Waals surface area (Å²) in [6.07, 6.45) is -4.35. The quantitative estimate of drug-likeness (QED) is 0.602. The van der Waals surface area contributed by atoms with Gasteiger partial charge in [0.05, 0.1) is 12.1 Å². The first-order valence-electron chi connectivity index (χ1n) is 11.2. The molecule has 0 saturated carbocycles. The van der Waals surface area contributed by atoms with Crippen LogP contribution >= 0.6 is 0 Å². The standard InChI is InChI=1S/C22H22FN3O4.C2HF3O2/c1-24-11-20(27)26(17-4-2-3-16(23)10-17)13-22(24)7-8-25(12-22)21(28)15-5-6-18-19(9-15)30-14-29-18;3-2(4,5)1(6)7/h2-6,9-10H,7-8,11-14H2,1H3;(H,6,7). The monoisotopic (exact) mass is 525 g/mol. The molecule has 9 nitrogen and oxygen atoms in total. The Morgan fingerprint density at radius 3 is 2.43 bits per heavy atom. The summed E-state index contributed by atoms with van der Waals surface area (Å²) in [6, 6.07) is 11.3. The van der Waals surface area contributed by atoms with E-state index in [1.165, 1.54) is 12.1 Å². The second-order valence-electron chi connectivity index (χ2n) is 8.89. The van der Waals surface area contributed by atoms with Crippen LogP contribution in [0.3, 0.4) is 0 Å². The number of nitrogens with zero attached hydrogens (tertiary/aromatic N) is 3. The molecule has 0 radical (unpaired) electrons. The SMILES string of the molecule is CN1CC(=O)N(c2cccc(F)c2)CC12CCN(C(=O)c1ccc3c(c1)OCO3)C2.O=C(O)C(F)(F)F. The van der Waals surface area contributed by atoms with Gasteiger partial charge in [-0.05, 0) is 49.9 Å². The molecule has 3 heterocycles. The van der Waals surface area contributed by atoms with Crippen LogP contribution in [-0.2, 0) is 9.59 Å². The second-order valence-corrected chi connectivity index (χ2v) is 8.89. The van der Waals surface area contributed by atoms with Crippen molar-refractivity contribution in [3.63, 3.8) is 0 Å². The Hall–Kier alpha value is -3.87. The van der Waals surface area contributed by atoms with Crippen molar-refractivity contribution in [2.75, 3.05) is 44.9 Å². The van der Waals surface area contributed by atoms with Gasteiger partial charge in [-0.2, -0.15) is 13.2 Å². The van der Waals surface area contributed by atoms with Crippen molar-refractivity contribution in [2.24, 2.45) is 0 Å². The molecule has 198 valence electrons. The zero-order valence-electron chi connectivity index (χ0n) is 19.6. The summed E-state index contributed by atoms with van der Waals surface area (Å²) in [5.74, 6) is -2.07. The van der Waals surface area contributed by atoms with Crippen LogP contribution in [0.2, 0.25) is 0 Å². The number of carboxylic acids is 1. The molecule has 2 fully saturated rings. The predicted molar refractivity (Wildman–Crippen MR) is 121 cm³/mol. The van der Waals surface area contributed by atoms with Gasteiger partial charge >= 0.3 is 12.1 Å². The lowest BCUT2D eigenvalue weighted by molar-refractivity contribution is -0.192. The number of carbonyl (C=O) groups excluding carboxylic acids is 2. The number of anilines is 1. The minimum atomic E-state index is -5.08. The number of halogens is 4. The number of likely N-dealkylation sites (N-methyl/N-ethyl adjacent to an activating group) is 1. The van der Waals surface area contributed by atoms with Crippen LogP contribution in [0.4, 0.5) is 23.2 Å². The number of rotatable bonds is 2. The van der Waals surface area contributed by atoms with Gasteiger partial charge in [0.25, 0.3) is 5.91 Å². The molecule has 3 aliphatic rings. The number of carboxylic acid groups (broad SMARTS) is 1. The fraction of sp³-hybridized carbons (Fsp3) is 0.375. The van der Waals surface area contributed by atoms with Crippen molar-refractivity contribution < 1.29 is 46.5 Å². The van der Waals surface area contributed by atoms with Crippen LogP contribution in [0.25, 0.3) is 0 Å². The molecule has 13 heteroatoms. The van der Waals surface area contributed by atoms with E-state index in [-0.39, 0.29) is 36.5 Å². The van der Waals surface area contributed by atoms with Crippen molar-refractivity contribution in [1.29, 1.82) is 0 Å². The topological polar surface area (TPSA) is 99.6 Å². The number of likely N-dealkylation sites (tertiary alicyclic amines) is 1. The third kappa shape index (κ3) is 5.45. The van der Waals surface area contributed by atoms with Gasteiger partial charge in [-0.25, -0.2) is 9.18 Å². The molecule has 1 N–H and O–H groups in total. The number of ether oxygens (including phenoxy) is 2. The van der Waals surface area contributed by atoms with E-state index in [9.17, 15) is 27.2 Å². The zero-order chi connectivity index (χ0) is 27.0. The first kappa shape index (κ1) is 26.2. The number of benzene rings is 2. The van der Waals surface area contributed by atoms with Gasteiger partial charge in [-0.3, -0.25) is 14.5 Å². The molecule has 37 heavy (non-hydrogen) atoms. The van der Waals surface area contributed by atoms with Crippen LogP contribution in [-0.4, -0.2) is 84.4 Å². The minimum absolute atomic E-state index is 0.0747. The van der Waals surface area contributed by atoms with Gasteiger partial charge in [0, 0.05) is 30.9 Å². The predicted octanol–water partition coefficient (Wildman–Crippen LogP) is 2.75. The highest BCUT2D eigenvalue weighted by atomic mass is 19.4. The summed E-state index contributed by atoms with van der Waals surface area (Å²) >= 11 is 0. The first-order valence-corrected chi connectivity index (χ1v) is 11.2. The zero-order valence-corrected chi connectivity index (χ0v) is 19.6. The van der Waals surface area contributed by atoms with Crippen LogP contribution in [0.1, 0.15) is 16.8 Å². The summed E-state index contributed by atoms with van der Waals surface area (Å²) in [5, 5.41) is 7.12. The lowest BCUT2D eigenvalue weighted by Crippen LogP contribution is -2.64. The fourth-order valence-corrected chi connectivity index (χ4v) is 4.52. The lowest BCUT2D eigenvalue weighted by Gasteiger charge is -2.46. The maximum atomic E-state index is 13.7. The highest BCUT2D eigenvalue weighted by molar-refractivity contribution is 5.97. The maximum absolute atomic E-state index is 13.7. The molecule has 2 saturated heterocycles. The largest absolute Gasteiger partial charge is 0.490 e. The van der Waals surface area contributed by atoms with Crippen molar-refractivity contribution in [3.8, 4) is 11.5 Å². The smallest absolute Gasteiger partial charge is 0.475 e. The van der Waals surface area contributed by atoms with Crippen LogP contribution < -0.4 is 14.4 Å². The highest BCUT2D eigenvalue weighted by Gasteiger charge is 2.49. The molecule has 0 bridgehead atoms. The highest BCUT2D eigenvalue weighted by Crippen LogP contribution is 2.36. The third-order valence-electron chi connectivity index (χ3n) is 6.54. The van der Waals surface area contributed by atoms with Crippen molar-refractivity contribution in [1.82, 2.24) is 9.80 Å². The average molecular weight is 525 g/mol.